The molecule has 5 aliphatic rings. The molecule has 5 N–H and O–H groups in total. The number of carbonyl (C=O) groups excluding carboxylic acids is 1. The second kappa shape index (κ2) is 20.2. The van der Waals surface area contributed by atoms with E-state index in [1.54, 1.807) is 6.92 Å². The van der Waals surface area contributed by atoms with Crippen molar-refractivity contribution in [3.05, 3.63) is 48.0 Å². The first-order chi connectivity index (χ1) is 29.8. The van der Waals surface area contributed by atoms with Gasteiger partial charge in [-0.1, -0.05) is 91.8 Å². The number of ketones is 1. The lowest BCUT2D eigenvalue weighted by Gasteiger charge is -2.55. The molecule has 0 aliphatic carbocycles. The fourth-order valence-electron chi connectivity index (χ4n) is 11.6. The van der Waals surface area contributed by atoms with Gasteiger partial charge in [0, 0.05) is 36.6 Å². The number of thiocarbonyl (C=S) groups is 1. The molecule has 2 unspecified atom stereocenters. The van der Waals surface area contributed by atoms with Gasteiger partial charge in [0.15, 0.2) is 16.7 Å². The van der Waals surface area contributed by atoms with E-state index in [2.05, 4.69) is 44.4 Å². The molecule has 1 aromatic carbocycles. The van der Waals surface area contributed by atoms with Crippen molar-refractivity contribution < 1.29 is 48.6 Å². The van der Waals surface area contributed by atoms with Crippen molar-refractivity contribution in [3.63, 3.8) is 0 Å². The minimum absolute atomic E-state index is 0.00788. The molecule has 0 amide bonds. The Hall–Kier alpha value is -2.49. The van der Waals surface area contributed by atoms with Crippen LogP contribution in [0, 0.1) is 41.4 Å². The lowest BCUT2D eigenvalue weighted by Crippen LogP contribution is -2.66. The van der Waals surface area contributed by atoms with Crippen molar-refractivity contribution in [2.45, 2.75) is 205 Å². The summed E-state index contributed by atoms with van der Waals surface area (Å²) in [5.74, 6) is -5.64. The van der Waals surface area contributed by atoms with Gasteiger partial charge in [0.05, 0.1) is 53.7 Å². The van der Waals surface area contributed by atoms with E-state index >= 15 is 0 Å². The van der Waals surface area contributed by atoms with Crippen molar-refractivity contribution in [2.75, 3.05) is 0 Å². The Morgan fingerprint density at radius 2 is 1.60 bits per heavy atom. The zero-order valence-corrected chi connectivity index (χ0v) is 40.3. The van der Waals surface area contributed by atoms with E-state index in [9.17, 15) is 24.9 Å². The Labute approximate surface area is 382 Å². The smallest absolute Gasteiger partial charge is 0.309 e. The molecule has 354 valence electrons. The van der Waals surface area contributed by atoms with Crippen LogP contribution < -0.4 is 10.6 Å². The van der Waals surface area contributed by atoms with E-state index in [-0.39, 0.29) is 41.8 Å². The molecule has 0 radical (unpaired) electrons. The summed E-state index contributed by atoms with van der Waals surface area (Å²) in [6.07, 6.45) is 7.22. The Morgan fingerprint density at radius 3 is 2.24 bits per heavy atom. The maximum absolute atomic E-state index is 14.7. The van der Waals surface area contributed by atoms with Crippen molar-refractivity contribution in [1.29, 1.82) is 0 Å². The quantitative estimate of drug-likeness (QED) is 0.0855. The van der Waals surface area contributed by atoms with Gasteiger partial charge in [-0.2, -0.15) is 0 Å². The molecule has 4 fully saturated rings. The fraction of sp³-hybridized carbons (Fsp3) is 0.780. The summed E-state index contributed by atoms with van der Waals surface area (Å²) in [6.45, 7) is 20.5. The van der Waals surface area contributed by atoms with Crippen LogP contribution in [-0.2, 0) is 39.8 Å². The van der Waals surface area contributed by atoms with Gasteiger partial charge in [-0.25, -0.2) is 0 Å². The van der Waals surface area contributed by atoms with E-state index in [1.807, 2.05) is 71.0 Å². The highest BCUT2D eigenvalue weighted by molar-refractivity contribution is 7.80. The van der Waals surface area contributed by atoms with Crippen molar-refractivity contribution in [3.8, 4) is 0 Å². The van der Waals surface area contributed by atoms with Gasteiger partial charge >= 0.3 is 5.97 Å². The lowest BCUT2D eigenvalue weighted by molar-refractivity contribution is -0.397. The second-order valence-electron chi connectivity index (χ2n) is 20.3. The zero-order chi connectivity index (χ0) is 46.1. The highest BCUT2D eigenvalue weighted by atomic mass is 32.1. The highest BCUT2D eigenvalue weighted by Gasteiger charge is 2.63. The molecule has 4 saturated heterocycles. The molecule has 0 aromatic heterocycles. The third-order valence-electron chi connectivity index (χ3n) is 16.1. The monoisotopic (exact) mass is 899 g/mol. The topological polar surface area (TPSA) is 165 Å². The number of carboxylic acid groups (broad SMARTS) is 1. The molecule has 6 rings (SSSR count). The van der Waals surface area contributed by atoms with Gasteiger partial charge in [0.2, 0.25) is 0 Å². The molecule has 12 nitrogen and oxygen atoms in total. The maximum atomic E-state index is 14.7. The van der Waals surface area contributed by atoms with E-state index in [0.717, 1.165) is 18.4 Å². The summed E-state index contributed by atoms with van der Waals surface area (Å²) in [6, 6.07) is 9.57. The second-order valence-corrected chi connectivity index (χ2v) is 20.7. The number of aliphatic hydroxyl groups is 2. The van der Waals surface area contributed by atoms with E-state index < -0.39 is 76.8 Å². The van der Waals surface area contributed by atoms with Gasteiger partial charge in [-0.3, -0.25) is 9.59 Å². The predicted octanol–water partition coefficient (Wildman–Crippen LogP) is 7.86. The average molecular weight is 899 g/mol. The SMILES string of the molecule is CCC(C(=O)[C@@H](C)[C@@H](O)[C@H](C)[C@@H]1O[C@@H]([C@@H](CC)C(=O)O)CC[C@@H]1C)[C@H]1O[C@]2(C=CC(NC(=S)NCc3ccccc3)[C@]3(CC[C@@](C)([C@H]4CC[C@](O)(CC)[C@H](C)O4)O3)O2)[C@H](C)C[C@@H]1C. The fourth-order valence-corrected chi connectivity index (χ4v) is 11.8. The predicted molar refractivity (Wildman–Crippen MR) is 245 cm³/mol. The molecule has 5 aliphatic heterocycles. The van der Waals surface area contributed by atoms with Gasteiger partial charge in [0.25, 0.3) is 0 Å². The Kier molecular flexibility index (Phi) is 16.0. The number of nitrogens with one attached hydrogen (secondary N) is 2. The van der Waals surface area contributed by atoms with Crippen LogP contribution >= 0.6 is 12.2 Å². The van der Waals surface area contributed by atoms with Crippen LogP contribution in [0.1, 0.15) is 139 Å². The standard InChI is InChI=1S/C50H78N2O10S/c1-11-36(45(55)56)38-20-19-29(4)43(59-38)33(8)41(53)32(7)42(54)37(12-2)44-30(5)27-31(6)49(60-44)24-21-39(52-46(63)51-28-35-17-15-14-16-18-35)50(62-49)26-25-47(10,61-50)40-22-23-48(57,13-3)34(9)58-40/h14-18,21,24,29-34,36-41,43-44,53,57H,11-13,19-20,22-23,25-28H2,1-10H3,(H,55,56)(H2,51,52,63)/t29-,30-,31+,32-,33-,34-,36+,37?,38+,39?,40+,41+,43+,44-,47-,48+,49-,50-/m0/s1. The third-order valence-corrected chi connectivity index (χ3v) is 16.3. The van der Waals surface area contributed by atoms with Crippen LogP contribution in [0.4, 0.5) is 0 Å². The van der Waals surface area contributed by atoms with Gasteiger partial charge in [-0.15, -0.1) is 0 Å². The molecular weight excluding hydrogens is 821 g/mol. The number of hydrogen-bond acceptors (Lipinski definition) is 10. The maximum Gasteiger partial charge on any atom is 0.309 e. The molecule has 1 aromatic rings. The van der Waals surface area contributed by atoms with E-state index in [4.69, 9.17) is 35.9 Å². The minimum atomic E-state index is -1.23. The summed E-state index contributed by atoms with van der Waals surface area (Å²) in [7, 11) is 0. The number of rotatable bonds is 15. The van der Waals surface area contributed by atoms with Gasteiger partial charge in [0.1, 0.15) is 11.8 Å². The summed E-state index contributed by atoms with van der Waals surface area (Å²) in [5, 5.41) is 40.4. The highest BCUT2D eigenvalue weighted by Crippen LogP contribution is 2.54. The number of carbonyl (C=O) groups is 2. The number of ether oxygens (including phenoxy) is 5. The molecule has 13 heteroatoms. The molecule has 63 heavy (non-hydrogen) atoms. The Balaban J connectivity index is 1.23. The number of hydrogen-bond donors (Lipinski definition) is 5. The minimum Gasteiger partial charge on any atom is -0.481 e. The molecule has 0 bridgehead atoms. The van der Waals surface area contributed by atoms with Crippen molar-refractivity contribution in [1.82, 2.24) is 10.6 Å². The van der Waals surface area contributed by atoms with Crippen LogP contribution in [0.2, 0.25) is 0 Å². The van der Waals surface area contributed by atoms with Crippen LogP contribution in [0.5, 0.6) is 0 Å². The Bertz CT molecular complexity index is 1770. The number of benzene rings is 1. The molecule has 5 heterocycles. The lowest BCUT2D eigenvalue weighted by atomic mass is 9.72. The van der Waals surface area contributed by atoms with Crippen LogP contribution in [-0.4, -0.2) is 97.6 Å². The normalized spacial score (nSPS) is 40.5. The average Bonchev–Trinajstić information content (AvgIpc) is 3.60. The van der Waals surface area contributed by atoms with Crippen molar-refractivity contribution in [2.24, 2.45) is 41.4 Å². The first-order valence-electron chi connectivity index (χ1n) is 24.1. The molecule has 2 spiro atoms. The number of Topliss-reactive ketones (excluding diaryl/α,β-unsaturated/α-hetero) is 1. The Morgan fingerprint density at radius 1 is 0.905 bits per heavy atom. The van der Waals surface area contributed by atoms with E-state index in [1.165, 1.54) is 0 Å². The van der Waals surface area contributed by atoms with Gasteiger partial charge in [-0.05, 0) is 107 Å². The first-order valence-corrected chi connectivity index (χ1v) is 24.5. The van der Waals surface area contributed by atoms with Crippen LogP contribution in [0.15, 0.2) is 42.5 Å². The summed E-state index contributed by atoms with van der Waals surface area (Å²) >= 11 is 5.88. The first kappa shape index (κ1) is 49.9. The third kappa shape index (κ3) is 10.3. The largest absolute Gasteiger partial charge is 0.481 e. The van der Waals surface area contributed by atoms with Gasteiger partial charge < -0.3 is 49.6 Å². The van der Waals surface area contributed by atoms with E-state index in [0.29, 0.717) is 63.0 Å². The van der Waals surface area contributed by atoms with Crippen LogP contribution in [0.25, 0.3) is 0 Å². The molecule has 18 atom stereocenters. The number of aliphatic hydroxyl groups excluding tert-OH is 1. The summed E-state index contributed by atoms with van der Waals surface area (Å²) < 4.78 is 34.9. The zero-order valence-electron chi connectivity index (χ0n) is 39.5. The van der Waals surface area contributed by atoms with Crippen molar-refractivity contribution >= 4 is 29.1 Å². The molecular formula is C50H78N2O10S. The summed E-state index contributed by atoms with van der Waals surface area (Å²) in [5.41, 5.74) is -0.536. The number of aliphatic carboxylic acids is 1. The van der Waals surface area contributed by atoms with Crippen LogP contribution in [0.3, 0.4) is 0 Å². The summed E-state index contributed by atoms with van der Waals surface area (Å²) in [4.78, 5) is 26.8. The molecule has 0 saturated carbocycles. The number of carboxylic acids is 1.